The summed E-state index contributed by atoms with van der Waals surface area (Å²) >= 11 is 0. The van der Waals surface area contributed by atoms with Gasteiger partial charge in [0, 0.05) is 18.3 Å². The van der Waals surface area contributed by atoms with E-state index in [1.165, 1.54) is 41.5 Å². The number of hydrogen-bond acceptors (Lipinski definition) is 6. The van der Waals surface area contributed by atoms with Crippen LogP contribution in [0.5, 0.6) is 0 Å². The molecule has 2 aromatic carbocycles. The number of halogens is 1. The zero-order chi connectivity index (χ0) is 21.3. The molecular formula is C21H17FN4O3S. The van der Waals surface area contributed by atoms with E-state index in [1.54, 1.807) is 18.2 Å². The van der Waals surface area contributed by atoms with Gasteiger partial charge in [-0.2, -0.15) is 0 Å². The highest BCUT2D eigenvalue weighted by molar-refractivity contribution is 8.08. The topological polar surface area (TPSA) is 91.7 Å². The number of hydrogen-bond donors (Lipinski definition) is 1. The van der Waals surface area contributed by atoms with Crippen LogP contribution >= 0.6 is 0 Å². The lowest BCUT2D eigenvalue weighted by Gasteiger charge is -2.26. The van der Waals surface area contributed by atoms with Gasteiger partial charge in [-0.1, -0.05) is 35.9 Å². The van der Waals surface area contributed by atoms with Crippen molar-refractivity contribution in [1.29, 1.82) is 0 Å². The molecule has 7 nitrogen and oxygen atoms in total. The van der Waals surface area contributed by atoms with Crippen LogP contribution in [0.2, 0.25) is 0 Å². The van der Waals surface area contributed by atoms with Crippen molar-refractivity contribution in [3.8, 4) is 0 Å². The maximum Gasteiger partial charge on any atom is 0.284 e. The van der Waals surface area contributed by atoms with Gasteiger partial charge in [0.1, 0.15) is 10.7 Å². The van der Waals surface area contributed by atoms with Crippen molar-refractivity contribution in [1.82, 2.24) is 10.3 Å². The Bertz CT molecular complexity index is 1260. The molecule has 2 heterocycles. The summed E-state index contributed by atoms with van der Waals surface area (Å²) < 4.78 is 39.9. The molecule has 152 valence electrons. The third-order valence-electron chi connectivity index (χ3n) is 4.56. The molecular weight excluding hydrogens is 407 g/mol. The van der Waals surface area contributed by atoms with Gasteiger partial charge >= 0.3 is 0 Å². The van der Waals surface area contributed by atoms with Crippen LogP contribution in [-0.4, -0.2) is 24.4 Å². The zero-order valence-electron chi connectivity index (χ0n) is 15.9. The molecule has 1 N–H and O–H groups in total. The molecule has 0 atom stereocenters. The molecule has 0 unspecified atom stereocenters. The number of carbonyl (C=O) groups is 1. The van der Waals surface area contributed by atoms with E-state index in [1.807, 2.05) is 19.1 Å². The predicted molar refractivity (Wildman–Crippen MR) is 110 cm³/mol. The minimum atomic E-state index is -4.21. The normalized spacial score (nSPS) is 14.6. The minimum Gasteiger partial charge on any atom is -0.346 e. The molecule has 1 amide bonds. The van der Waals surface area contributed by atoms with E-state index >= 15 is 0 Å². The number of nitrogens with one attached hydrogen (secondary N) is 1. The van der Waals surface area contributed by atoms with Gasteiger partial charge in [-0.15, -0.1) is 5.10 Å². The number of fused-ring (bicyclic) bond motifs is 1. The highest BCUT2D eigenvalue weighted by atomic mass is 32.2. The number of pyridine rings is 1. The SMILES string of the molecule is Cc1ccc(N2N=C(C(=O)NCc3ccccc3F)S(=O)(=O)c3cccnc32)cc1. The lowest BCUT2D eigenvalue weighted by Crippen LogP contribution is -2.40. The van der Waals surface area contributed by atoms with Crippen LogP contribution in [0.25, 0.3) is 0 Å². The molecule has 0 spiro atoms. The van der Waals surface area contributed by atoms with Crippen molar-refractivity contribution in [3.63, 3.8) is 0 Å². The molecule has 30 heavy (non-hydrogen) atoms. The predicted octanol–water partition coefficient (Wildman–Crippen LogP) is 3.08. The number of carbonyl (C=O) groups excluding carboxylic acids is 1. The van der Waals surface area contributed by atoms with E-state index in [-0.39, 0.29) is 22.8 Å². The summed E-state index contributed by atoms with van der Waals surface area (Å²) in [7, 11) is -4.21. The van der Waals surface area contributed by atoms with Gasteiger partial charge in [0.2, 0.25) is 14.9 Å². The average molecular weight is 424 g/mol. The zero-order valence-corrected chi connectivity index (χ0v) is 16.7. The van der Waals surface area contributed by atoms with Gasteiger partial charge in [0.15, 0.2) is 5.82 Å². The molecule has 3 aromatic rings. The van der Waals surface area contributed by atoms with E-state index in [2.05, 4.69) is 15.4 Å². The second-order valence-corrected chi connectivity index (χ2v) is 8.49. The molecule has 4 rings (SSSR count). The lowest BCUT2D eigenvalue weighted by atomic mass is 10.2. The minimum absolute atomic E-state index is 0.104. The summed E-state index contributed by atoms with van der Waals surface area (Å²) in [5, 5.41) is 7.18. The molecule has 0 fully saturated rings. The largest absolute Gasteiger partial charge is 0.346 e. The second kappa shape index (κ2) is 7.68. The average Bonchev–Trinajstić information content (AvgIpc) is 2.74. The van der Waals surface area contributed by atoms with E-state index in [9.17, 15) is 17.6 Å². The molecule has 0 saturated carbocycles. The number of anilines is 2. The molecule has 0 bridgehead atoms. The Balaban J connectivity index is 1.73. The van der Waals surface area contributed by atoms with Crippen LogP contribution in [0.15, 0.2) is 76.9 Å². The van der Waals surface area contributed by atoms with Crippen molar-refractivity contribution in [3.05, 3.63) is 83.8 Å². The van der Waals surface area contributed by atoms with Crippen LogP contribution < -0.4 is 10.3 Å². The molecule has 9 heteroatoms. The Morgan fingerprint density at radius 2 is 1.80 bits per heavy atom. The summed E-state index contributed by atoms with van der Waals surface area (Å²) in [4.78, 5) is 16.8. The van der Waals surface area contributed by atoms with Gasteiger partial charge in [-0.3, -0.25) is 4.79 Å². The first kappa shape index (κ1) is 19.7. The van der Waals surface area contributed by atoms with Gasteiger partial charge < -0.3 is 5.32 Å². The van der Waals surface area contributed by atoms with Crippen LogP contribution in [0, 0.1) is 12.7 Å². The molecule has 1 aliphatic heterocycles. The van der Waals surface area contributed by atoms with Gasteiger partial charge in [-0.25, -0.2) is 22.8 Å². The first-order valence-electron chi connectivity index (χ1n) is 9.05. The van der Waals surface area contributed by atoms with E-state index < -0.39 is 26.6 Å². The van der Waals surface area contributed by atoms with Crippen LogP contribution in [0.1, 0.15) is 11.1 Å². The Hall–Kier alpha value is -3.59. The van der Waals surface area contributed by atoms with Crippen molar-refractivity contribution in [2.45, 2.75) is 18.4 Å². The summed E-state index contributed by atoms with van der Waals surface area (Å²) in [5.41, 5.74) is 1.79. The second-order valence-electron chi connectivity index (χ2n) is 6.66. The van der Waals surface area contributed by atoms with Crippen molar-refractivity contribution in [2.75, 3.05) is 5.01 Å². The first-order chi connectivity index (χ1) is 14.4. The number of sulfone groups is 1. The van der Waals surface area contributed by atoms with Crippen LogP contribution in [0.4, 0.5) is 15.9 Å². The van der Waals surface area contributed by atoms with Crippen molar-refractivity contribution < 1.29 is 17.6 Å². The van der Waals surface area contributed by atoms with Crippen LogP contribution in [-0.2, 0) is 21.2 Å². The maximum absolute atomic E-state index is 13.8. The number of nitrogens with zero attached hydrogens (tertiary/aromatic N) is 3. The van der Waals surface area contributed by atoms with Crippen molar-refractivity contribution >= 4 is 32.3 Å². The van der Waals surface area contributed by atoms with Gasteiger partial charge in [0.05, 0.1) is 5.69 Å². The smallest absolute Gasteiger partial charge is 0.284 e. The first-order valence-corrected chi connectivity index (χ1v) is 10.5. The molecule has 1 aliphatic rings. The molecule has 1 aromatic heterocycles. The molecule has 0 saturated heterocycles. The Morgan fingerprint density at radius 3 is 2.53 bits per heavy atom. The Labute approximate surface area is 172 Å². The number of benzene rings is 2. The highest BCUT2D eigenvalue weighted by Crippen LogP contribution is 2.34. The third kappa shape index (κ3) is 3.55. The number of aromatic nitrogens is 1. The molecule has 0 aliphatic carbocycles. The monoisotopic (exact) mass is 424 g/mol. The summed E-state index contributed by atoms with van der Waals surface area (Å²) in [6.45, 7) is 1.74. The Morgan fingerprint density at radius 1 is 1.07 bits per heavy atom. The number of aryl methyl sites for hydroxylation is 1. The lowest BCUT2D eigenvalue weighted by molar-refractivity contribution is -0.114. The van der Waals surface area contributed by atoms with E-state index in [0.29, 0.717) is 5.69 Å². The van der Waals surface area contributed by atoms with Gasteiger partial charge in [-0.05, 0) is 37.3 Å². The number of rotatable bonds is 4. The fourth-order valence-corrected chi connectivity index (χ4v) is 4.32. The van der Waals surface area contributed by atoms with E-state index in [4.69, 9.17) is 0 Å². The van der Waals surface area contributed by atoms with Crippen molar-refractivity contribution in [2.24, 2.45) is 5.10 Å². The molecule has 0 radical (unpaired) electrons. The quantitative estimate of drug-likeness (QED) is 0.695. The fraction of sp³-hybridized carbons (Fsp3) is 0.0952. The summed E-state index contributed by atoms with van der Waals surface area (Å²) in [6, 6.07) is 16.0. The van der Waals surface area contributed by atoms with E-state index in [0.717, 1.165) is 5.56 Å². The number of hydrazone groups is 1. The highest BCUT2D eigenvalue weighted by Gasteiger charge is 2.38. The Kier molecular flexibility index (Phi) is 5.04. The van der Waals surface area contributed by atoms with Crippen LogP contribution in [0.3, 0.4) is 0 Å². The maximum atomic E-state index is 13.8. The number of amides is 1. The fourth-order valence-electron chi connectivity index (χ4n) is 2.97. The summed E-state index contributed by atoms with van der Waals surface area (Å²) in [5.74, 6) is -1.32. The summed E-state index contributed by atoms with van der Waals surface area (Å²) in [6.07, 6.45) is 1.45. The third-order valence-corrected chi connectivity index (χ3v) is 6.23. The van der Waals surface area contributed by atoms with Gasteiger partial charge in [0.25, 0.3) is 5.91 Å². The standard InChI is InChI=1S/C21H17FN4O3S/c1-14-8-10-16(11-9-14)26-19-18(7-4-12-23-19)30(28,29)21(25-26)20(27)24-13-15-5-2-3-6-17(15)22/h2-12H,13H2,1H3,(H,24,27).